The van der Waals surface area contributed by atoms with E-state index in [1.807, 2.05) is 0 Å². The fourth-order valence-electron chi connectivity index (χ4n) is 1.89. The number of rotatable bonds is 4. The minimum absolute atomic E-state index is 0.0696. The average Bonchev–Trinajstić information content (AvgIpc) is 2.76. The predicted octanol–water partition coefficient (Wildman–Crippen LogP) is 1.68. The van der Waals surface area contributed by atoms with Crippen LogP contribution in [0.25, 0.3) is 0 Å². The first-order chi connectivity index (χ1) is 9.88. The number of carbonyl (C=O) groups is 1. The fourth-order valence-corrected chi connectivity index (χ4v) is 3.01. The lowest BCUT2D eigenvalue weighted by atomic mass is 10.2. The molecule has 9 heteroatoms. The van der Waals surface area contributed by atoms with Gasteiger partial charge in [0.1, 0.15) is 5.25 Å². The van der Waals surface area contributed by atoms with E-state index < -0.39 is 4.92 Å². The summed E-state index contributed by atoms with van der Waals surface area (Å²) >= 11 is 7.18. The van der Waals surface area contributed by atoms with E-state index in [1.54, 1.807) is 6.92 Å². The van der Waals surface area contributed by atoms with Crippen LogP contribution in [-0.4, -0.2) is 27.3 Å². The van der Waals surface area contributed by atoms with E-state index in [0.29, 0.717) is 15.8 Å². The number of nitrogens with zero attached hydrogens (tertiary/aromatic N) is 2. The molecule has 0 aromatic heterocycles. The van der Waals surface area contributed by atoms with E-state index in [1.165, 1.54) is 30.0 Å². The van der Waals surface area contributed by atoms with Gasteiger partial charge >= 0.3 is 0 Å². The van der Waals surface area contributed by atoms with E-state index in [-0.39, 0.29) is 29.4 Å². The third-order valence-electron chi connectivity index (χ3n) is 2.97. The summed E-state index contributed by atoms with van der Waals surface area (Å²) in [5.41, 5.74) is 5.99. The molecule has 1 aromatic carbocycles. The second kappa shape index (κ2) is 6.31. The molecular weight excluding hydrogens is 316 g/mol. The Labute approximate surface area is 130 Å². The second-order valence-corrected chi connectivity index (χ2v) is 6.07. The summed E-state index contributed by atoms with van der Waals surface area (Å²) in [5.74, 6) is -0.223. The third kappa shape index (κ3) is 3.64. The van der Waals surface area contributed by atoms with Crippen molar-refractivity contribution in [2.45, 2.75) is 24.8 Å². The van der Waals surface area contributed by atoms with Gasteiger partial charge in [-0.25, -0.2) is 0 Å². The smallest absolute Gasteiger partial charge is 0.269 e. The van der Waals surface area contributed by atoms with Crippen LogP contribution in [-0.2, 0) is 11.3 Å². The number of halogens is 1. The van der Waals surface area contributed by atoms with Gasteiger partial charge < -0.3 is 11.1 Å². The molecule has 2 rings (SSSR count). The number of amides is 1. The van der Waals surface area contributed by atoms with Crippen LogP contribution in [0, 0.1) is 10.1 Å². The standard InChI is InChI=1S/C12H13ClN4O3S/c1-6-10(21-12(14)16-6)11(18)15-5-7-4-8(17(19)20)2-3-9(7)13/h2-4,6,10H,5H2,1H3,(H2,14,16)(H,15,18). The van der Waals surface area contributed by atoms with Crippen molar-refractivity contribution in [2.24, 2.45) is 10.7 Å². The highest BCUT2D eigenvalue weighted by Gasteiger charge is 2.31. The van der Waals surface area contributed by atoms with Crippen molar-refractivity contribution >= 4 is 40.1 Å². The maximum absolute atomic E-state index is 12.1. The van der Waals surface area contributed by atoms with Crippen LogP contribution in [0.2, 0.25) is 5.02 Å². The molecular formula is C12H13ClN4O3S. The van der Waals surface area contributed by atoms with Gasteiger partial charge in [-0.2, -0.15) is 0 Å². The number of nitro benzene ring substituents is 1. The average molecular weight is 329 g/mol. The Morgan fingerprint density at radius 1 is 1.62 bits per heavy atom. The van der Waals surface area contributed by atoms with Crippen molar-refractivity contribution in [3.63, 3.8) is 0 Å². The lowest BCUT2D eigenvalue weighted by Gasteiger charge is -2.13. The number of hydrogen-bond donors (Lipinski definition) is 2. The van der Waals surface area contributed by atoms with Crippen molar-refractivity contribution in [2.75, 3.05) is 0 Å². The summed E-state index contributed by atoms with van der Waals surface area (Å²) in [6.45, 7) is 1.92. The Bertz CT molecular complexity index is 623. The molecule has 0 aliphatic carbocycles. The number of non-ortho nitro benzene ring substituents is 1. The highest BCUT2D eigenvalue weighted by Crippen LogP contribution is 2.25. The zero-order valence-electron chi connectivity index (χ0n) is 11.1. The van der Waals surface area contributed by atoms with Gasteiger partial charge in [0, 0.05) is 23.7 Å². The van der Waals surface area contributed by atoms with Gasteiger partial charge in [0.15, 0.2) is 5.17 Å². The Balaban J connectivity index is 2.02. The second-order valence-electron chi connectivity index (χ2n) is 4.50. The van der Waals surface area contributed by atoms with E-state index >= 15 is 0 Å². The number of benzene rings is 1. The third-order valence-corrected chi connectivity index (χ3v) is 4.55. The zero-order valence-corrected chi connectivity index (χ0v) is 12.6. The van der Waals surface area contributed by atoms with Crippen LogP contribution in [0.3, 0.4) is 0 Å². The topological polar surface area (TPSA) is 111 Å². The maximum atomic E-state index is 12.1. The number of thioether (sulfide) groups is 1. The summed E-state index contributed by atoms with van der Waals surface area (Å²) in [4.78, 5) is 26.4. The summed E-state index contributed by atoms with van der Waals surface area (Å²) in [6.07, 6.45) is 0. The molecule has 7 nitrogen and oxygen atoms in total. The summed E-state index contributed by atoms with van der Waals surface area (Å²) < 4.78 is 0. The van der Waals surface area contributed by atoms with Crippen LogP contribution in [0.5, 0.6) is 0 Å². The van der Waals surface area contributed by atoms with E-state index in [2.05, 4.69) is 10.3 Å². The van der Waals surface area contributed by atoms with Crippen molar-refractivity contribution < 1.29 is 9.72 Å². The van der Waals surface area contributed by atoms with E-state index in [9.17, 15) is 14.9 Å². The molecule has 0 spiro atoms. The van der Waals surface area contributed by atoms with Gasteiger partial charge in [0.05, 0.1) is 11.0 Å². The predicted molar refractivity (Wildman–Crippen MR) is 82.4 cm³/mol. The molecule has 1 heterocycles. The number of amidine groups is 1. The largest absolute Gasteiger partial charge is 0.379 e. The minimum atomic E-state index is -0.509. The Morgan fingerprint density at radius 3 is 2.90 bits per heavy atom. The van der Waals surface area contributed by atoms with Gasteiger partial charge in [-0.05, 0) is 18.6 Å². The van der Waals surface area contributed by atoms with E-state index in [4.69, 9.17) is 17.3 Å². The van der Waals surface area contributed by atoms with Crippen molar-refractivity contribution in [3.05, 3.63) is 38.9 Å². The molecule has 2 unspecified atom stereocenters. The first-order valence-corrected chi connectivity index (χ1v) is 7.34. The molecule has 1 aliphatic rings. The number of carbonyl (C=O) groups excluding carboxylic acids is 1. The normalized spacial score (nSPS) is 21.0. The lowest BCUT2D eigenvalue weighted by molar-refractivity contribution is -0.384. The molecule has 21 heavy (non-hydrogen) atoms. The van der Waals surface area contributed by atoms with Crippen LogP contribution < -0.4 is 11.1 Å². The lowest BCUT2D eigenvalue weighted by Crippen LogP contribution is -2.36. The molecule has 0 saturated carbocycles. The summed E-state index contributed by atoms with van der Waals surface area (Å²) in [6, 6.07) is 3.90. The Morgan fingerprint density at radius 2 is 2.33 bits per heavy atom. The summed E-state index contributed by atoms with van der Waals surface area (Å²) in [7, 11) is 0. The van der Waals surface area contributed by atoms with E-state index in [0.717, 1.165) is 0 Å². The van der Waals surface area contributed by atoms with Gasteiger partial charge in [-0.3, -0.25) is 19.9 Å². The Hall–Kier alpha value is -1.80. The maximum Gasteiger partial charge on any atom is 0.269 e. The summed E-state index contributed by atoms with van der Waals surface area (Å²) in [5, 5.41) is 13.8. The highest BCUT2D eigenvalue weighted by atomic mass is 35.5. The number of aliphatic imine (C=N–C) groups is 1. The van der Waals surface area contributed by atoms with Crippen LogP contribution in [0.15, 0.2) is 23.2 Å². The molecule has 0 fully saturated rings. The van der Waals surface area contributed by atoms with Gasteiger partial charge in [-0.1, -0.05) is 23.4 Å². The van der Waals surface area contributed by atoms with Gasteiger partial charge in [0.25, 0.3) is 5.69 Å². The molecule has 1 aromatic rings. The Kier molecular flexibility index (Phi) is 4.69. The van der Waals surface area contributed by atoms with Crippen molar-refractivity contribution in [1.82, 2.24) is 5.32 Å². The molecule has 0 saturated heterocycles. The number of hydrogen-bond acceptors (Lipinski definition) is 6. The van der Waals surface area contributed by atoms with Gasteiger partial charge in [-0.15, -0.1) is 0 Å². The van der Waals surface area contributed by atoms with Crippen LogP contribution in [0.1, 0.15) is 12.5 Å². The van der Waals surface area contributed by atoms with Gasteiger partial charge in [0.2, 0.25) is 5.91 Å². The molecule has 112 valence electrons. The minimum Gasteiger partial charge on any atom is -0.379 e. The van der Waals surface area contributed by atoms with Crippen LogP contribution >= 0.6 is 23.4 Å². The van der Waals surface area contributed by atoms with Crippen LogP contribution in [0.4, 0.5) is 5.69 Å². The molecule has 1 aliphatic heterocycles. The van der Waals surface area contributed by atoms with Crippen molar-refractivity contribution in [3.8, 4) is 0 Å². The molecule has 0 radical (unpaired) electrons. The molecule has 2 atom stereocenters. The zero-order chi connectivity index (χ0) is 15.6. The monoisotopic (exact) mass is 328 g/mol. The molecule has 0 bridgehead atoms. The number of nitrogens with one attached hydrogen (secondary N) is 1. The molecule has 1 amide bonds. The van der Waals surface area contributed by atoms with Crippen molar-refractivity contribution in [1.29, 1.82) is 0 Å². The highest BCUT2D eigenvalue weighted by molar-refractivity contribution is 8.15. The first kappa shape index (κ1) is 15.6. The number of nitro groups is 1. The fraction of sp³-hybridized carbons (Fsp3) is 0.333. The quantitative estimate of drug-likeness (QED) is 0.645. The number of nitrogens with two attached hydrogens (primary N) is 1. The first-order valence-electron chi connectivity index (χ1n) is 6.09. The SMILES string of the molecule is CC1N=C(N)SC1C(=O)NCc1cc([N+](=O)[O-])ccc1Cl. The molecule has 3 N–H and O–H groups in total.